The summed E-state index contributed by atoms with van der Waals surface area (Å²) in [5, 5.41) is 11.2. The average molecular weight is 311 g/mol. The monoisotopic (exact) mass is 311 g/mol. The minimum Gasteiger partial charge on any atom is -0.409 e. The highest BCUT2D eigenvalue weighted by Gasteiger charge is 2.31. The van der Waals surface area contributed by atoms with E-state index in [4.69, 9.17) is 10.9 Å². The summed E-state index contributed by atoms with van der Waals surface area (Å²) in [7, 11) is -1.76. The summed E-state index contributed by atoms with van der Waals surface area (Å²) in [5.74, 6) is -0.000610. The van der Waals surface area contributed by atoms with Crippen molar-refractivity contribution in [2.24, 2.45) is 10.9 Å². The van der Waals surface area contributed by atoms with Gasteiger partial charge in [0.15, 0.2) is 5.84 Å². The predicted octanol–water partition coefficient (Wildman–Crippen LogP) is 1.88. The molecule has 0 radical (unpaired) electrons. The fourth-order valence-electron chi connectivity index (χ4n) is 2.63. The molecule has 0 saturated heterocycles. The Morgan fingerprint density at radius 2 is 1.81 bits per heavy atom. The Morgan fingerprint density at radius 3 is 2.33 bits per heavy atom. The molecular weight excluding hydrogens is 290 g/mol. The lowest BCUT2D eigenvalue weighted by Gasteiger charge is -2.28. The Morgan fingerprint density at radius 1 is 1.24 bits per heavy atom. The van der Waals surface area contributed by atoms with Crippen LogP contribution >= 0.6 is 0 Å². The van der Waals surface area contributed by atoms with Gasteiger partial charge in [0.2, 0.25) is 10.0 Å². The van der Waals surface area contributed by atoms with Gasteiger partial charge in [-0.15, -0.1) is 0 Å². The molecule has 1 aliphatic carbocycles. The molecule has 0 aromatic heterocycles. The van der Waals surface area contributed by atoms with Crippen molar-refractivity contribution in [3.8, 4) is 0 Å². The molecule has 0 spiro atoms. The third kappa shape index (κ3) is 3.29. The van der Waals surface area contributed by atoms with Crippen LogP contribution in [0.3, 0.4) is 0 Å². The summed E-state index contributed by atoms with van der Waals surface area (Å²) in [4.78, 5) is 0. The zero-order valence-electron chi connectivity index (χ0n) is 12.1. The van der Waals surface area contributed by atoms with Crippen molar-refractivity contribution < 1.29 is 13.6 Å². The number of sulfonamides is 1. The molecule has 7 heteroatoms. The molecule has 21 heavy (non-hydrogen) atoms. The van der Waals surface area contributed by atoms with E-state index in [1.807, 2.05) is 0 Å². The standard InChI is InChI=1S/C14H21N3O3S/c1-17(21(19,20)13-5-3-2-4-6-13)12-9-7-11(8-10-12)14(15)16-18/h7-10,13,18H,2-6H2,1H3,(H2,15,16). The Labute approximate surface area is 125 Å². The first-order valence-corrected chi connectivity index (χ1v) is 8.53. The van der Waals surface area contributed by atoms with E-state index in [0.717, 1.165) is 32.1 Å². The lowest BCUT2D eigenvalue weighted by atomic mass is 10.0. The normalized spacial score (nSPS) is 17.7. The van der Waals surface area contributed by atoms with E-state index >= 15 is 0 Å². The summed E-state index contributed by atoms with van der Waals surface area (Å²) in [6, 6.07) is 6.59. The fourth-order valence-corrected chi connectivity index (χ4v) is 4.43. The molecule has 1 aromatic rings. The van der Waals surface area contributed by atoms with Crippen LogP contribution in [-0.2, 0) is 10.0 Å². The van der Waals surface area contributed by atoms with Gasteiger partial charge >= 0.3 is 0 Å². The number of nitrogens with two attached hydrogens (primary N) is 1. The maximum Gasteiger partial charge on any atom is 0.237 e. The first kappa shape index (κ1) is 15.6. The molecule has 1 fully saturated rings. The highest BCUT2D eigenvalue weighted by molar-refractivity contribution is 7.93. The third-order valence-electron chi connectivity index (χ3n) is 3.99. The van der Waals surface area contributed by atoms with Gasteiger partial charge in [0.05, 0.1) is 10.9 Å². The minimum absolute atomic E-state index is 0.000610. The molecule has 2 rings (SSSR count). The Bertz CT molecular complexity index is 605. The largest absolute Gasteiger partial charge is 0.409 e. The van der Waals surface area contributed by atoms with Gasteiger partial charge in [0, 0.05) is 12.6 Å². The number of anilines is 1. The van der Waals surface area contributed by atoms with E-state index in [-0.39, 0.29) is 11.1 Å². The summed E-state index contributed by atoms with van der Waals surface area (Å²) < 4.78 is 26.5. The van der Waals surface area contributed by atoms with Crippen molar-refractivity contribution in [2.75, 3.05) is 11.4 Å². The van der Waals surface area contributed by atoms with Crippen LogP contribution in [0.5, 0.6) is 0 Å². The van der Waals surface area contributed by atoms with Gasteiger partial charge in [-0.3, -0.25) is 4.31 Å². The smallest absolute Gasteiger partial charge is 0.237 e. The number of hydrogen-bond donors (Lipinski definition) is 2. The molecule has 116 valence electrons. The molecule has 1 saturated carbocycles. The van der Waals surface area contributed by atoms with Crippen molar-refractivity contribution in [2.45, 2.75) is 37.4 Å². The van der Waals surface area contributed by atoms with Crippen molar-refractivity contribution >= 4 is 21.5 Å². The van der Waals surface area contributed by atoms with Crippen LogP contribution in [0.4, 0.5) is 5.69 Å². The van der Waals surface area contributed by atoms with E-state index in [9.17, 15) is 8.42 Å². The maximum atomic E-state index is 12.6. The van der Waals surface area contributed by atoms with E-state index in [0.29, 0.717) is 11.3 Å². The van der Waals surface area contributed by atoms with Gasteiger partial charge in [-0.1, -0.05) is 24.4 Å². The maximum absolute atomic E-state index is 12.6. The van der Waals surface area contributed by atoms with Crippen molar-refractivity contribution in [1.29, 1.82) is 0 Å². The summed E-state index contributed by atoms with van der Waals surface area (Å²) >= 11 is 0. The Kier molecular flexibility index (Phi) is 4.72. The second-order valence-electron chi connectivity index (χ2n) is 5.30. The van der Waals surface area contributed by atoms with Crippen LogP contribution in [0, 0.1) is 0 Å². The van der Waals surface area contributed by atoms with Gasteiger partial charge in [-0.25, -0.2) is 8.42 Å². The number of nitrogens with zero attached hydrogens (tertiary/aromatic N) is 2. The van der Waals surface area contributed by atoms with Crippen LogP contribution in [0.2, 0.25) is 0 Å². The molecule has 0 unspecified atom stereocenters. The molecule has 0 heterocycles. The molecule has 3 N–H and O–H groups in total. The number of hydrogen-bond acceptors (Lipinski definition) is 4. The summed E-state index contributed by atoms with van der Waals surface area (Å²) in [6.45, 7) is 0. The first-order chi connectivity index (χ1) is 9.96. The van der Waals surface area contributed by atoms with E-state index in [1.54, 1.807) is 31.3 Å². The second-order valence-corrected chi connectivity index (χ2v) is 7.55. The van der Waals surface area contributed by atoms with Gasteiger partial charge in [0.25, 0.3) is 0 Å². The number of benzene rings is 1. The first-order valence-electron chi connectivity index (χ1n) is 7.02. The lowest BCUT2D eigenvalue weighted by molar-refractivity contribution is 0.318. The predicted molar refractivity (Wildman–Crippen MR) is 83.1 cm³/mol. The van der Waals surface area contributed by atoms with Crippen molar-refractivity contribution in [3.05, 3.63) is 29.8 Å². The molecule has 0 atom stereocenters. The van der Waals surface area contributed by atoms with E-state index in [2.05, 4.69) is 5.16 Å². The Balaban J connectivity index is 2.20. The van der Waals surface area contributed by atoms with Gasteiger partial charge in [-0.05, 0) is 37.1 Å². The highest BCUT2D eigenvalue weighted by Crippen LogP contribution is 2.28. The quantitative estimate of drug-likeness (QED) is 0.384. The lowest BCUT2D eigenvalue weighted by Crippen LogP contribution is -2.37. The van der Waals surface area contributed by atoms with Gasteiger partial charge in [-0.2, -0.15) is 0 Å². The molecule has 0 aliphatic heterocycles. The molecule has 1 aliphatic rings. The number of amidine groups is 1. The van der Waals surface area contributed by atoms with Crippen LogP contribution < -0.4 is 10.0 Å². The summed E-state index contributed by atoms with van der Waals surface area (Å²) in [6.07, 6.45) is 4.52. The molecule has 0 amide bonds. The number of oxime groups is 1. The highest BCUT2D eigenvalue weighted by atomic mass is 32.2. The topological polar surface area (TPSA) is 96.0 Å². The third-order valence-corrected chi connectivity index (χ3v) is 6.28. The SMILES string of the molecule is CN(c1ccc(C(N)=NO)cc1)S(=O)(=O)C1CCCCC1. The second kappa shape index (κ2) is 6.34. The van der Waals surface area contributed by atoms with E-state index in [1.165, 1.54) is 4.31 Å². The van der Waals surface area contributed by atoms with Crippen LogP contribution in [0.15, 0.2) is 29.4 Å². The molecule has 0 bridgehead atoms. The molecular formula is C14H21N3O3S. The molecule has 1 aromatic carbocycles. The fraction of sp³-hybridized carbons (Fsp3) is 0.500. The van der Waals surface area contributed by atoms with Gasteiger partial charge < -0.3 is 10.9 Å². The summed E-state index contributed by atoms with van der Waals surface area (Å²) in [5.41, 5.74) is 6.62. The van der Waals surface area contributed by atoms with Crippen LogP contribution in [0.1, 0.15) is 37.7 Å². The zero-order valence-corrected chi connectivity index (χ0v) is 12.9. The van der Waals surface area contributed by atoms with Crippen LogP contribution in [-0.4, -0.2) is 31.8 Å². The van der Waals surface area contributed by atoms with E-state index < -0.39 is 10.0 Å². The number of rotatable bonds is 4. The zero-order chi connectivity index (χ0) is 15.5. The van der Waals surface area contributed by atoms with Crippen LogP contribution in [0.25, 0.3) is 0 Å². The van der Waals surface area contributed by atoms with Gasteiger partial charge in [0.1, 0.15) is 0 Å². The minimum atomic E-state index is -3.33. The van der Waals surface area contributed by atoms with Crippen molar-refractivity contribution in [1.82, 2.24) is 0 Å². The Hall–Kier alpha value is -1.76. The van der Waals surface area contributed by atoms with Crippen molar-refractivity contribution in [3.63, 3.8) is 0 Å². The molecule has 6 nitrogen and oxygen atoms in total. The average Bonchev–Trinajstić information content (AvgIpc) is 2.54.